The van der Waals surface area contributed by atoms with E-state index in [1.54, 1.807) is 0 Å². The summed E-state index contributed by atoms with van der Waals surface area (Å²) in [4.78, 5) is 101. The first-order valence-electron chi connectivity index (χ1n) is 10.3. The number of rotatable bonds is 2. The number of aromatic nitrogens is 4. The Morgan fingerprint density at radius 3 is 0.829 bits per heavy atom. The van der Waals surface area contributed by atoms with Crippen LogP contribution < -0.4 is 44.5 Å². The van der Waals surface area contributed by atoms with Crippen LogP contribution in [0.3, 0.4) is 0 Å². The fourth-order valence-electron chi connectivity index (χ4n) is 4.69. The third-order valence-corrected chi connectivity index (χ3v) is 6.64. The fraction of sp³-hybridized carbons (Fsp3) is 0.130. The molecule has 35 heavy (non-hydrogen) atoms. The lowest BCUT2D eigenvalue weighted by Gasteiger charge is -1.99. The first kappa shape index (κ1) is 20.6. The van der Waals surface area contributed by atoms with Gasteiger partial charge in [-0.25, -0.2) is 0 Å². The molecule has 12 nitrogen and oxygen atoms in total. The molecular weight excluding hydrogens is 460 g/mol. The highest BCUT2D eigenvalue weighted by atomic mass is 16.2. The summed E-state index contributed by atoms with van der Waals surface area (Å²) in [7, 11) is 2.56. The van der Waals surface area contributed by atoms with Crippen LogP contribution in [0.15, 0.2) is 62.6 Å². The van der Waals surface area contributed by atoms with Crippen molar-refractivity contribution in [3.8, 4) is 0 Å². The van der Waals surface area contributed by atoms with Crippen molar-refractivity contribution in [1.29, 1.82) is 0 Å². The summed E-state index contributed by atoms with van der Waals surface area (Å²) in [6.07, 6.45) is 0. The summed E-state index contributed by atoms with van der Waals surface area (Å²) in [5.74, 6) is 0. The standard InChI is InChI=1S/C23H12N4O8/c1-24-16(28)8-3-12-13(4-9(8)17(24)29)21(33)26(20(12)32)7-27-22(34)14-5-10-11(6-15(14)23(27)35)19(31)25(2)18(10)30/h3-6H,7H2,1-2H3. The van der Waals surface area contributed by atoms with Gasteiger partial charge < -0.3 is 0 Å². The van der Waals surface area contributed by atoms with Crippen molar-refractivity contribution in [2.75, 3.05) is 0 Å². The molecule has 172 valence electrons. The lowest BCUT2D eigenvalue weighted by atomic mass is 10.1. The molecular formula is C23H12N4O8. The highest BCUT2D eigenvalue weighted by Crippen LogP contribution is 2.16. The van der Waals surface area contributed by atoms with Gasteiger partial charge in [0.05, 0.1) is 43.1 Å². The van der Waals surface area contributed by atoms with Crippen molar-refractivity contribution in [1.82, 2.24) is 18.3 Å². The van der Waals surface area contributed by atoms with E-state index in [9.17, 15) is 38.4 Å². The predicted octanol–water partition coefficient (Wildman–Crippen LogP) is -2.28. The van der Waals surface area contributed by atoms with E-state index < -0.39 is 51.1 Å². The van der Waals surface area contributed by atoms with Gasteiger partial charge in [0.1, 0.15) is 6.67 Å². The van der Waals surface area contributed by atoms with Crippen LogP contribution in [-0.4, -0.2) is 18.3 Å². The van der Waals surface area contributed by atoms with E-state index in [0.29, 0.717) is 9.13 Å². The van der Waals surface area contributed by atoms with Gasteiger partial charge in [0.2, 0.25) is 0 Å². The van der Waals surface area contributed by atoms with Crippen LogP contribution >= 0.6 is 0 Å². The fourth-order valence-corrected chi connectivity index (χ4v) is 4.69. The number of nitrogens with zero attached hydrogens (tertiary/aromatic N) is 4. The quantitative estimate of drug-likeness (QED) is 0.273. The van der Waals surface area contributed by atoms with Crippen LogP contribution in [0, 0.1) is 0 Å². The van der Waals surface area contributed by atoms with Crippen LogP contribution in [-0.2, 0) is 20.8 Å². The van der Waals surface area contributed by atoms with E-state index in [2.05, 4.69) is 0 Å². The number of hydrogen-bond acceptors (Lipinski definition) is 8. The van der Waals surface area contributed by atoms with E-state index in [1.165, 1.54) is 14.1 Å². The average molecular weight is 472 g/mol. The second-order valence-electron chi connectivity index (χ2n) is 8.44. The molecule has 0 spiro atoms. The summed E-state index contributed by atoms with van der Waals surface area (Å²) < 4.78 is 3.07. The van der Waals surface area contributed by atoms with E-state index in [0.717, 1.165) is 33.4 Å². The van der Waals surface area contributed by atoms with Crippen molar-refractivity contribution >= 4 is 43.1 Å². The maximum atomic E-state index is 13.0. The molecule has 12 heteroatoms. The van der Waals surface area contributed by atoms with Crippen LogP contribution in [0.2, 0.25) is 0 Å². The molecule has 0 radical (unpaired) electrons. The Labute approximate surface area is 189 Å². The normalized spacial score (nSPS) is 12.2. The number of benzene rings is 2. The predicted molar refractivity (Wildman–Crippen MR) is 127 cm³/mol. The minimum Gasteiger partial charge on any atom is -0.277 e. The molecule has 0 aliphatic rings. The molecule has 0 atom stereocenters. The molecule has 0 fully saturated rings. The van der Waals surface area contributed by atoms with Gasteiger partial charge >= 0.3 is 0 Å². The minimum atomic E-state index is -0.839. The Morgan fingerprint density at radius 2 is 0.600 bits per heavy atom. The molecule has 0 unspecified atom stereocenters. The lowest BCUT2D eigenvalue weighted by molar-refractivity contribution is 0.564. The smallest absolute Gasteiger partial charge is 0.263 e. The second-order valence-corrected chi connectivity index (χ2v) is 8.44. The molecule has 0 aliphatic heterocycles. The topological polar surface area (TPSA) is 156 Å². The first-order valence-corrected chi connectivity index (χ1v) is 10.3. The van der Waals surface area contributed by atoms with Gasteiger partial charge in [-0.3, -0.25) is 56.6 Å². The van der Waals surface area contributed by atoms with Gasteiger partial charge in [0.15, 0.2) is 0 Å². The molecule has 4 heterocycles. The molecule has 6 rings (SSSR count). The van der Waals surface area contributed by atoms with Crippen molar-refractivity contribution in [2.24, 2.45) is 14.1 Å². The highest BCUT2D eigenvalue weighted by molar-refractivity contribution is 5.99. The summed E-state index contributed by atoms with van der Waals surface area (Å²) in [5.41, 5.74) is -5.82. The summed E-state index contributed by atoms with van der Waals surface area (Å²) >= 11 is 0. The lowest BCUT2D eigenvalue weighted by Crippen LogP contribution is -2.36. The Morgan fingerprint density at radius 1 is 0.400 bits per heavy atom. The van der Waals surface area contributed by atoms with Crippen LogP contribution in [0.1, 0.15) is 0 Å². The van der Waals surface area contributed by atoms with Gasteiger partial charge in [0.25, 0.3) is 44.5 Å². The van der Waals surface area contributed by atoms with E-state index in [1.807, 2.05) is 0 Å². The zero-order chi connectivity index (χ0) is 25.1. The molecule has 0 saturated carbocycles. The Hall–Kier alpha value is -5.00. The number of hydrogen-bond donors (Lipinski definition) is 0. The average Bonchev–Trinajstić information content (AvgIpc) is 3.40. The van der Waals surface area contributed by atoms with Gasteiger partial charge in [-0.2, -0.15) is 0 Å². The molecule has 6 aromatic rings. The Bertz CT molecular complexity index is 2050. The third-order valence-electron chi connectivity index (χ3n) is 6.64. The zero-order valence-corrected chi connectivity index (χ0v) is 18.1. The van der Waals surface area contributed by atoms with Gasteiger partial charge in [0, 0.05) is 14.1 Å². The van der Waals surface area contributed by atoms with Crippen molar-refractivity contribution in [3.05, 3.63) is 107 Å². The van der Waals surface area contributed by atoms with Crippen LogP contribution in [0.5, 0.6) is 0 Å². The van der Waals surface area contributed by atoms with Gasteiger partial charge in [-0.1, -0.05) is 0 Å². The van der Waals surface area contributed by atoms with Gasteiger partial charge in [-0.15, -0.1) is 0 Å². The van der Waals surface area contributed by atoms with Crippen molar-refractivity contribution in [3.63, 3.8) is 0 Å². The molecule has 4 aromatic heterocycles. The molecule has 0 saturated heterocycles. The first-order chi connectivity index (χ1) is 16.5. The van der Waals surface area contributed by atoms with Crippen molar-refractivity contribution in [2.45, 2.75) is 6.67 Å². The minimum absolute atomic E-state index is 0.0196. The second kappa shape index (κ2) is 6.32. The van der Waals surface area contributed by atoms with E-state index in [-0.39, 0.29) is 43.1 Å². The van der Waals surface area contributed by atoms with Gasteiger partial charge in [-0.05, 0) is 24.3 Å². The maximum absolute atomic E-state index is 13.0. The number of fused-ring (bicyclic) bond motifs is 4. The summed E-state index contributed by atoms with van der Waals surface area (Å²) in [6, 6.07) is 4.65. The maximum Gasteiger partial charge on any atom is 0.263 e. The summed E-state index contributed by atoms with van der Waals surface area (Å²) in [5, 5.41) is -0.578. The van der Waals surface area contributed by atoms with Crippen LogP contribution in [0.25, 0.3) is 43.1 Å². The van der Waals surface area contributed by atoms with E-state index >= 15 is 0 Å². The molecule has 0 N–H and O–H groups in total. The molecule has 0 aliphatic carbocycles. The van der Waals surface area contributed by atoms with E-state index in [4.69, 9.17) is 0 Å². The zero-order valence-electron chi connectivity index (χ0n) is 18.1. The largest absolute Gasteiger partial charge is 0.277 e. The summed E-state index contributed by atoms with van der Waals surface area (Å²) in [6.45, 7) is -0.725. The molecule has 0 bridgehead atoms. The Balaban J connectivity index is 1.62. The molecule has 2 aromatic carbocycles. The SMILES string of the molecule is Cn1c(=O)c2cc3c(=O)n(Cn4c(=O)c5cc6c(=O)n(C)c(=O)c6cc5c4=O)c(=O)c3cc2c1=O. The third kappa shape index (κ3) is 2.34. The molecule has 0 amide bonds. The van der Waals surface area contributed by atoms with Crippen molar-refractivity contribution < 1.29 is 0 Å². The highest BCUT2D eigenvalue weighted by Gasteiger charge is 2.22. The van der Waals surface area contributed by atoms with Crippen LogP contribution in [0.4, 0.5) is 0 Å². The monoisotopic (exact) mass is 472 g/mol. The Kier molecular flexibility index (Phi) is 3.72.